The summed E-state index contributed by atoms with van der Waals surface area (Å²) >= 11 is 0. The lowest BCUT2D eigenvalue weighted by Crippen LogP contribution is -2.44. The van der Waals surface area contributed by atoms with E-state index >= 15 is 0 Å². The number of likely N-dealkylation sites (tertiary alicyclic amines) is 1. The van der Waals surface area contributed by atoms with E-state index in [1.165, 1.54) is 6.42 Å². The Balaban J connectivity index is 1.44. The molecule has 6 heteroatoms. The van der Waals surface area contributed by atoms with E-state index in [1.54, 1.807) is 6.20 Å². The van der Waals surface area contributed by atoms with Crippen molar-refractivity contribution in [3.8, 4) is 0 Å². The second-order valence-electron chi connectivity index (χ2n) is 7.68. The molecule has 134 valence electrons. The second-order valence-corrected chi connectivity index (χ2v) is 7.68. The van der Waals surface area contributed by atoms with Gasteiger partial charge in [-0.2, -0.15) is 5.10 Å². The summed E-state index contributed by atoms with van der Waals surface area (Å²) < 4.78 is 0. The highest BCUT2D eigenvalue weighted by atomic mass is 16.3. The Morgan fingerprint density at radius 1 is 1.28 bits per heavy atom. The first-order valence-corrected chi connectivity index (χ1v) is 9.43. The number of aromatic nitrogens is 3. The van der Waals surface area contributed by atoms with Crippen LogP contribution in [0.15, 0.2) is 18.3 Å². The highest BCUT2D eigenvalue weighted by Crippen LogP contribution is 2.33. The van der Waals surface area contributed by atoms with Crippen LogP contribution >= 0.6 is 0 Å². The maximum Gasteiger partial charge on any atom is 0.225 e. The summed E-state index contributed by atoms with van der Waals surface area (Å²) in [6.07, 6.45) is 8.81. The molecule has 2 fully saturated rings. The molecule has 0 bridgehead atoms. The summed E-state index contributed by atoms with van der Waals surface area (Å²) in [4.78, 5) is 19.4. The molecule has 3 heterocycles. The number of carbonyl (C=O) groups is 1. The van der Waals surface area contributed by atoms with Crippen molar-refractivity contribution in [2.45, 2.75) is 62.9 Å². The largest absolute Gasteiger partial charge is 0.389 e. The van der Waals surface area contributed by atoms with Crippen molar-refractivity contribution in [2.24, 2.45) is 0 Å². The number of H-pyrrole nitrogens is 1. The lowest BCUT2D eigenvalue weighted by atomic mass is 9.82. The van der Waals surface area contributed by atoms with Gasteiger partial charge in [-0.3, -0.25) is 9.89 Å². The molecular formula is C19H26N4O2. The Morgan fingerprint density at radius 3 is 2.96 bits per heavy atom. The van der Waals surface area contributed by atoms with Crippen LogP contribution in [0, 0.1) is 0 Å². The predicted octanol–water partition coefficient (Wildman–Crippen LogP) is 2.75. The molecule has 1 aliphatic carbocycles. The molecule has 2 aromatic heterocycles. The van der Waals surface area contributed by atoms with Crippen LogP contribution in [0.5, 0.6) is 0 Å². The number of amides is 1. The lowest BCUT2D eigenvalue weighted by molar-refractivity contribution is -0.139. The first-order chi connectivity index (χ1) is 12.1. The van der Waals surface area contributed by atoms with E-state index in [9.17, 15) is 9.90 Å². The summed E-state index contributed by atoms with van der Waals surface area (Å²) in [5.41, 5.74) is 1.04. The Labute approximate surface area is 147 Å². The highest BCUT2D eigenvalue weighted by Gasteiger charge is 2.35. The van der Waals surface area contributed by atoms with Crippen LogP contribution in [0.4, 0.5) is 0 Å². The summed E-state index contributed by atoms with van der Waals surface area (Å²) in [5.74, 6) is 0.350. The molecule has 1 saturated heterocycles. The molecule has 25 heavy (non-hydrogen) atoms. The zero-order chi connectivity index (χ0) is 17.3. The van der Waals surface area contributed by atoms with E-state index in [0.29, 0.717) is 6.54 Å². The molecule has 4 rings (SSSR count). The fourth-order valence-corrected chi connectivity index (χ4v) is 4.29. The van der Waals surface area contributed by atoms with Crippen LogP contribution in [0.2, 0.25) is 0 Å². The van der Waals surface area contributed by atoms with E-state index in [-0.39, 0.29) is 18.2 Å². The number of piperidine rings is 1. The summed E-state index contributed by atoms with van der Waals surface area (Å²) in [5, 5.41) is 18.6. The number of carbonyl (C=O) groups excluding carboxylic acids is 1. The van der Waals surface area contributed by atoms with Gasteiger partial charge in [-0.05, 0) is 37.8 Å². The van der Waals surface area contributed by atoms with E-state index in [1.807, 2.05) is 17.0 Å². The van der Waals surface area contributed by atoms with E-state index in [2.05, 4.69) is 15.2 Å². The first-order valence-electron chi connectivity index (χ1n) is 9.43. The molecule has 1 atom stereocenters. The van der Waals surface area contributed by atoms with Gasteiger partial charge < -0.3 is 10.0 Å². The number of aliphatic hydroxyl groups is 1. The van der Waals surface area contributed by atoms with E-state index < -0.39 is 5.60 Å². The molecule has 1 amide bonds. The summed E-state index contributed by atoms with van der Waals surface area (Å²) in [6, 6.07) is 4.08. The fourth-order valence-electron chi connectivity index (χ4n) is 4.29. The van der Waals surface area contributed by atoms with Gasteiger partial charge >= 0.3 is 0 Å². The zero-order valence-electron chi connectivity index (χ0n) is 14.6. The number of fused-ring (bicyclic) bond motifs is 1. The van der Waals surface area contributed by atoms with Gasteiger partial charge in [0.05, 0.1) is 18.2 Å². The third kappa shape index (κ3) is 3.54. The number of rotatable bonds is 3. The molecule has 1 saturated carbocycles. The normalized spacial score (nSPS) is 23.7. The average Bonchev–Trinajstić information content (AvgIpc) is 3.10. The minimum atomic E-state index is -0.782. The summed E-state index contributed by atoms with van der Waals surface area (Å²) in [7, 11) is 0. The van der Waals surface area contributed by atoms with Crippen molar-refractivity contribution < 1.29 is 9.90 Å². The topological polar surface area (TPSA) is 82.1 Å². The van der Waals surface area contributed by atoms with Crippen molar-refractivity contribution in [1.29, 1.82) is 0 Å². The molecule has 0 radical (unpaired) electrons. The lowest BCUT2D eigenvalue weighted by Gasteiger charge is -2.37. The number of nitrogens with one attached hydrogen (secondary N) is 1. The molecule has 2 aliphatic rings. The number of hydrogen-bond acceptors (Lipinski definition) is 4. The number of nitrogens with zero attached hydrogens (tertiary/aromatic N) is 3. The minimum absolute atomic E-state index is 0.0942. The standard InChI is InChI=1S/C19H26N4O2/c24-17(11-19(25)8-2-1-3-9-19)23-10-4-5-15(13-23)16-7-6-14-12-20-22-18(14)21-16/h6-7,12,15,25H,1-5,8-11,13H2,(H,20,21,22). The number of pyridine rings is 1. The maximum atomic E-state index is 12.7. The van der Waals surface area contributed by atoms with E-state index in [4.69, 9.17) is 0 Å². The monoisotopic (exact) mass is 342 g/mol. The zero-order valence-corrected chi connectivity index (χ0v) is 14.6. The van der Waals surface area contributed by atoms with Crippen molar-refractivity contribution in [2.75, 3.05) is 13.1 Å². The second kappa shape index (κ2) is 6.75. The predicted molar refractivity (Wildman–Crippen MR) is 95.1 cm³/mol. The molecule has 0 spiro atoms. The van der Waals surface area contributed by atoms with Gasteiger partial charge in [0.2, 0.25) is 5.91 Å². The van der Waals surface area contributed by atoms with Gasteiger partial charge in [-0.1, -0.05) is 19.3 Å². The molecular weight excluding hydrogens is 316 g/mol. The molecule has 0 aromatic carbocycles. The minimum Gasteiger partial charge on any atom is -0.389 e. The summed E-state index contributed by atoms with van der Waals surface area (Å²) in [6.45, 7) is 1.49. The Kier molecular flexibility index (Phi) is 4.46. The van der Waals surface area contributed by atoms with Crippen molar-refractivity contribution in [3.63, 3.8) is 0 Å². The van der Waals surface area contributed by atoms with Gasteiger partial charge in [0, 0.05) is 30.1 Å². The number of aromatic amines is 1. The third-order valence-corrected chi connectivity index (χ3v) is 5.78. The van der Waals surface area contributed by atoms with Gasteiger partial charge in [0.1, 0.15) is 0 Å². The Morgan fingerprint density at radius 2 is 2.12 bits per heavy atom. The Bertz CT molecular complexity index is 751. The SMILES string of the molecule is O=C(CC1(O)CCCCC1)N1CCCC(c2ccc3cn[nH]c3n2)C1. The van der Waals surface area contributed by atoms with Crippen molar-refractivity contribution in [3.05, 3.63) is 24.0 Å². The smallest absolute Gasteiger partial charge is 0.225 e. The molecule has 1 aliphatic heterocycles. The average molecular weight is 342 g/mol. The number of hydrogen-bond donors (Lipinski definition) is 2. The molecule has 2 aromatic rings. The molecule has 2 N–H and O–H groups in total. The van der Waals surface area contributed by atoms with Crippen LogP contribution in [-0.2, 0) is 4.79 Å². The maximum absolute atomic E-state index is 12.7. The van der Waals surface area contributed by atoms with Crippen LogP contribution in [0.25, 0.3) is 11.0 Å². The third-order valence-electron chi connectivity index (χ3n) is 5.78. The molecule has 1 unspecified atom stereocenters. The fraction of sp³-hybridized carbons (Fsp3) is 0.632. The molecule has 6 nitrogen and oxygen atoms in total. The quantitative estimate of drug-likeness (QED) is 0.898. The van der Waals surface area contributed by atoms with Crippen LogP contribution in [0.1, 0.15) is 63.0 Å². The van der Waals surface area contributed by atoms with Gasteiger partial charge in [0.15, 0.2) is 5.65 Å². The van der Waals surface area contributed by atoms with Crippen molar-refractivity contribution >= 4 is 16.9 Å². The van der Waals surface area contributed by atoms with Gasteiger partial charge in [-0.15, -0.1) is 0 Å². The van der Waals surface area contributed by atoms with Crippen LogP contribution in [-0.4, -0.2) is 49.8 Å². The van der Waals surface area contributed by atoms with E-state index in [0.717, 1.165) is 61.8 Å². The van der Waals surface area contributed by atoms with Crippen LogP contribution in [0.3, 0.4) is 0 Å². The van der Waals surface area contributed by atoms with Gasteiger partial charge in [-0.25, -0.2) is 4.98 Å². The van der Waals surface area contributed by atoms with Crippen molar-refractivity contribution in [1.82, 2.24) is 20.1 Å². The first kappa shape index (κ1) is 16.5. The van der Waals surface area contributed by atoms with Crippen LogP contribution < -0.4 is 0 Å². The highest BCUT2D eigenvalue weighted by molar-refractivity contribution is 5.77. The Hall–Kier alpha value is -1.95. The van der Waals surface area contributed by atoms with Gasteiger partial charge in [0.25, 0.3) is 0 Å².